The van der Waals surface area contributed by atoms with Crippen LogP contribution < -0.4 is 20.7 Å². The van der Waals surface area contributed by atoms with E-state index in [0.717, 1.165) is 16.7 Å². The highest BCUT2D eigenvalue weighted by molar-refractivity contribution is 7.99. The van der Waals surface area contributed by atoms with Crippen LogP contribution in [0.25, 0.3) is 0 Å². The summed E-state index contributed by atoms with van der Waals surface area (Å²) in [6.07, 6.45) is -1.42. The fraction of sp³-hybridized carbons (Fsp3) is 0.353. The van der Waals surface area contributed by atoms with Gasteiger partial charge in [0.05, 0.1) is 11.9 Å². The largest absolute Gasteiger partial charge is 0.483 e. The molecule has 4 amide bonds. The molecule has 45 heavy (non-hydrogen) atoms. The Balaban J connectivity index is 1.44. The number of benzene rings is 3. The highest BCUT2D eigenvalue weighted by atomic mass is 32.2. The lowest BCUT2D eigenvalue weighted by molar-refractivity contribution is -0.146. The molecule has 0 bridgehead atoms. The molecule has 0 radical (unpaired) electrons. The van der Waals surface area contributed by atoms with Gasteiger partial charge in [-0.2, -0.15) is 0 Å². The molecule has 3 atom stereocenters. The maximum atomic E-state index is 13.6. The molecule has 0 saturated carbocycles. The number of aryl methyl sites for hydroxylation is 3. The Bertz CT molecular complexity index is 1510. The summed E-state index contributed by atoms with van der Waals surface area (Å²) < 4.78 is 5.83. The van der Waals surface area contributed by atoms with Crippen LogP contribution in [0.15, 0.2) is 66.7 Å². The summed E-state index contributed by atoms with van der Waals surface area (Å²) >= 11 is 1.43. The van der Waals surface area contributed by atoms with E-state index in [1.807, 2.05) is 61.5 Å². The van der Waals surface area contributed by atoms with Crippen molar-refractivity contribution in [2.24, 2.45) is 0 Å². The molecule has 0 spiro atoms. The van der Waals surface area contributed by atoms with Crippen LogP contribution in [0.1, 0.15) is 38.2 Å². The van der Waals surface area contributed by atoms with Gasteiger partial charge in [0.2, 0.25) is 5.91 Å². The molecule has 0 aliphatic carbocycles. The third-order valence-corrected chi connectivity index (χ3v) is 8.77. The van der Waals surface area contributed by atoms with Gasteiger partial charge in [0.15, 0.2) is 12.7 Å². The number of rotatable bonds is 12. The third kappa shape index (κ3) is 8.64. The van der Waals surface area contributed by atoms with Gasteiger partial charge in [-0.05, 0) is 67.1 Å². The normalized spacial score (nSPS) is 15.6. The first-order valence-corrected chi connectivity index (χ1v) is 15.9. The number of hydrogen-bond donors (Lipinski definition) is 4. The maximum absolute atomic E-state index is 13.6. The van der Waals surface area contributed by atoms with E-state index in [4.69, 9.17) is 4.74 Å². The van der Waals surface area contributed by atoms with Gasteiger partial charge >= 0.3 is 0 Å². The second-order valence-corrected chi connectivity index (χ2v) is 12.1. The number of nitrogens with zero attached hydrogens (tertiary/aromatic N) is 1. The minimum Gasteiger partial charge on any atom is -0.483 e. The Morgan fingerprint density at radius 2 is 1.64 bits per heavy atom. The van der Waals surface area contributed by atoms with E-state index in [9.17, 15) is 24.3 Å². The second-order valence-electron chi connectivity index (χ2n) is 11.1. The number of carbonyl (C=O) groups excluding carboxylic acids is 4. The molecule has 1 fully saturated rings. The summed E-state index contributed by atoms with van der Waals surface area (Å²) in [5, 5.41) is 19.6. The predicted molar refractivity (Wildman–Crippen MR) is 174 cm³/mol. The molecule has 4 N–H and O–H groups in total. The number of aliphatic hydroxyl groups excluding tert-OH is 1. The van der Waals surface area contributed by atoms with E-state index in [1.54, 1.807) is 33.0 Å². The average molecular weight is 633 g/mol. The Morgan fingerprint density at radius 3 is 2.31 bits per heavy atom. The molecule has 3 aromatic carbocycles. The number of thioether (sulfide) groups is 1. The smallest absolute Gasteiger partial charge is 0.258 e. The van der Waals surface area contributed by atoms with Crippen LogP contribution in [-0.4, -0.2) is 77.1 Å². The average Bonchev–Trinajstić information content (AvgIpc) is 3.53. The monoisotopic (exact) mass is 632 g/mol. The van der Waals surface area contributed by atoms with Crippen LogP contribution in [0.2, 0.25) is 0 Å². The molecule has 0 aromatic heterocycles. The van der Waals surface area contributed by atoms with E-state index < -0.39 is 30.0 Å². The second kappa shape index (κ2) is 15.6. The van der Waals surface area contributed by atoms with Gasteiger partial charge in [-0.1, -0.05) is 54.6 Å². The van der Waals surface area contributed by atoms with E-state index in [2.05, 4.69) is 16.0 Å². The van der Waals surface area contributed by atoms with E-state index in [-0.39, 0.29) is 30.7 Å². The number of aliphatic hydroxyl groups is 1. The SMILES string of the molecule is CNC(=O)c1cc(C)c(OCC(=O)N[C@@H](Cc2ccccc2)[C@H](O)C(=O)N2CSC[C@H]2C(=O)NCc2ccccc2C)c(C)c1. The van der Waals surface area contributed by atoms with Crippen molar-refractivity contribution in [3.05, 3.63) is 100 Å². The van der Waals surface area contributed by atoms with Crippen LogP contribution in [-0.2, 0) is 27.3 Å². The van der Waals surface area contributed by atoms with Crippen LogP contribution >= 0.6 is 11.8 Å². The first-order valence-electron chi connectivity index (χ1n) is 14.8. The van der Waals surface area contributed by atoms with E-state index in [1.165, 1.54) is 16.7 Å². The molecule has 3 aromatic rings. The lowest BCUT2D eigenvalue weighted by atomic mass is 9.99. The van der Waals surface area contributed by atoms with Crippen LogP contribution in [0, 0.1) is 20.8 Å². The molecule has 0 unspecified atom stereocenters. The molecule has 10 nitrogen and oxygen atoms in total. The highest BCUT2D eigenvalue weighted by Gasteiger charge is 2.40. The number of amides is 4. The lowest BCUT2D eigenvalue weighted by Gasteiger charge is -2.30. The number of carbonyl (C=O) groups is 4. The summed E-state index contributed by atoms with van der Waals surface area (Å²) in [6, 6.07) is 18.6. The minimum atomic E-state index is -1.60. The van der Waals surface area contributed by atoms with Crippen LogP contribution in [0.5, 0.6) is 5.75 Å². The molecule has 1 aliphatic heterocycles. The zero-order valence-corrected chi connectivity index (χ0v) is 26.8. The zero-order valence-electron chi connectivity index (χ0n) is 26.0. The topological polar surface area (TPSA) is 137 Å². The fourth-order valence-corrected chi connectivity index (χ4v) is 6.44. The van der Waals surface area contributed by atoms with Gasteiger partial charge in [-0.15, -0.1) is 11.8 Å². The van der Waals surface area contributed by atoms with Gasteiger partial charge < -0.3 is 30.7 Å². The van der Waals surface area contributed by atoms with Gasteiger partial charge in [-0.3, -0.25) is 19.2 Å². The number of ether oxygens (including phenoxy) is 1. The molecule has 1 saturated heterocycles. The van der Waals surface area contributed by atoms with Gasteiger partial charge in [0.1, 0.15) is 11.8 Å². The Morgan fingerprint density at radius 1 is 0.978 bits per heavy atom. The maximum Gasteiger partial charge on any atom is 0.258 e. The first-order chi connectivity index (χ1) is 21.6. The Kier molecular flexibility index (Phi) is 11.6. The molecule has 1 aliphatic rings. The fourth-order valence-electron chi connectivity index (χ4n) is 5.28. The van der Waals surface area contributed by atoms with E-state index >= 15 is 0 Å². The Hall–Kier alpha value is -4.35. The van der Waals surface area contributed by atoms with E-state index in [0.29, 0.717) is 34.7 Å². The van der Waals surface area contributed by atoms with Crippen LogP contribution in [0.4, 0.5) is 0 Å². The summed E-state index contributed by atoms with van der Waals surface area (Å²) in [7, 11) is 1.55. The predicted octanol–water partition coefficient (Wildman–Crippen LogP) is 2.66. The van der Waals surface area contributed by atoms with Crippen molar-refractivity contribution >= 4 is 35.4 Å². The molecular weight excluding hydrogens is 592 g/mol. The summed E-state index contributed by atoms with van der Waals surface area (Å²) in [6.45, 7) is 5.51. The summed E-state index contributed by atoms with van der Waals surface area (Å²) in [4.78, 5) is 53.3. The van der Waals surface area contributed by atoms with Gasteiger partial charge in [-0.25, -0.2) is 0 Å². The molecule has 4 rings (SSSR count). The molecular formula is C34H40N4O6S. The highest BCUT2D eigenvalue weighted by Crippen LogP contribution is 2.26. The first kappa shape index (κ1) is 33.5. The molecule has 238 valence electrons. The van der Waals surface area contributed by atoms with Crippen molar-refractivity contribution in [1.82, 2.24) is 20.9 Å². The van der Waals surface area contributed by atoms with Gasteiger partial charge in [0, 0.05) is 24.9 Å². The standard InChI is InChI=1S/C34H40N4O6S/c1-21-10-8-9-13-25(21)17-36-33(42)28-19-45-20-38(28)34(43)30(40)27(16-24-11-6-5-7-12-24)37-29(39)18-44-31-22(2)14-26(15-23(31)3)32(41)35-4/h5-15,27-28,30,40H,16-20H2,1-4H3,(H,35,41)(H,36,42)(H,37,39)/t27-,28-,30-/m0/s1. The molecule has 11 heteroatoms. The zero-order chi connectivity index (χ0) is 32.5. The van der Waals surface area contributed by atoms with Crippen molar-refractivity contribution in [3.63, 3.8) is 0 Å². The van der Waals surface area contributed by atoms with Crippen molar-refractivity contribution in [2.45, 2.75) is 51.9 Å². The van der Waals surface area contributed by atoms with Crippen molar-refractivity contribution in [3.8, 4) is 5.75 Å². The summed E-state index contributed by atoms with van der Waals surface area (Å²) in [5.41, 5.74) is 4.71. The minimum absolute atomic E-state index is 0.184. The Labute approximate surface area is 267 Å². The van der Waals surface area contributed by atoms with Crippen molar-refractivity contribution < 1.29 is 29.0 Å². The number of hydrogen-bond acceptors (Lipinski definition) is 7. The third-order valence-electron chi connectivity index (χ3n) is 7.76. The summed E-state index contributed by atoms with van der Waals surface area (Å²) in [5.74, 6) is -0.557. The van der Waals surface area contributed by atoms with Crippen molar-refractivity contribution in [1.29, 1.82) is 0 Å². The number of nitrogens with one attached hydrogen (secondary N) is 3. The van der Waals surface area contributed by atoms with Gasteiger partial charge in [0.25, 0.3) is 17.7 Å². The molecule has 1 heterocycles. The quantitative estimate of drug-likeness (QED) is 0.241. The van der Waals surface area contributed by atoms with Crippen LogP contribution in [0.3, 0.4) is 0 Å². The lowest BCUT2D eigenvalue weighted by Crippen LogP contribution is -2.56. The van der Waals surface area contributed by atoms with Crippen molar-refractivity contribution in [2.75, 3.05) is 25.3 Å².